The van der Waals surface area contributed by atoms with Crippen molar-refractivity contribution in [2.75, 3.05) is 45.4 Å². The number of hydrogen-bond acceptors (Lipinski definition) is 6. The van der Waals surface area contributed by atoms with Gasteiger partial charge in [0.2, 0.25) is 0 Å². The highest BCUT2D eigenvalue weighted by Crippen LogP contribution is 2.45. The highest BCUT2D eigenvalue weighted by Gasteiger charge is 2.30. The Morgan fingerprint density at radius 2 is 1.93 bits per heavy atom. The second kappa shape index (κ2) is 11.0. The van der Waals surface area contributed by atoms with Gasteiger partial charge in [0.25, 0.3) is 0 Å². The summed E-state index contributed by atoms with van der Waals surface area (Å²) >= 11 is 0. The number of benzene rings is 2. The lowest BCUT2D eigenvalue weighted by Crippen LogP contribution is -2.28. The van der Waals surface area contributed by atoms with Crippen molar-refractivity contribution in [3.05, 3.63) is 63.9 Å². The van der Waals surface area contributed by atoms with E-state index in [1.54, 1.807) is 7.11 Å². The van der Waals surface area contributed by atoms with E-state index in [0.717, 1.165) is 64.5 Å². The normalized spacial score (nSPS) is 16.0. The fraction of sp³-hybridized carbons (Fsp3) is 0.438. The fourth-order valence-corrected chi connectivity index (χ4v) is 5.74. The molecule has 212 valence electrons. The maximum atomic E-state index is 12.9. The molecule has 40 heavy (non-hydrogen) atoms. The van der Waals surface area contributed by atoms with Crippen molar-refractivity contribution >= 4 is 11.7 Å². The van der Waals surface area contributed by atoms with Gasteiger partial charge in [-0.2, -0.15) is 0 Å². The summed E-state index contributed by atoms with van der Waals surface area (Å²) in [5, 5.41) is 9.69. The van der Waals surface area contributed by atoms with Crippen molar-refractivity contribution < 1.29 is 24.1 Å². The van der Waals surface area contributed by atoms with Crippen LogP contribution < -0.4 is 19.8 Å². The number of nitrogens with zero attached hydrogens (tertiary/aromatic N) is 2. The summed E-state index contributed by atoms with van der Waals surface area (Å²) in [5.41, 5.74) is 4.91. The Kier molecular flexibility index (Phi) is 7.64. The van der Waals surface area contributed by atoms with Gasteiger partial charge in [0.15, 0.2) is 5.43 Å². The molecular weight excluding hydrogens is 508 g/mol. The van der Waals surface area contributed by atoms with Crippen molar-refractivity contribution in [1.82, 2.24) is 4.57 Å². The molecule has 0 aliphatic carbocycles. The number of aromatic nitrogens is 1. The van der Waals surface area contributed by atoms with Crippen LogP contribution in [0.1, 0.15) is 55.6 Å². The Hall–Kier alpha value is -3.78. The lowest BCUT2D eigenvalue weighted by atomic mass is 9.81. The molecule has 3 aromatic rings. The maximum absolute atomic E-state index is 12.9. The average Bonchev–Trinajstić information content (AvgIpc) is 2.89. The zero-order valence-electron chi connectivity index (χ0n) is 24.0. The first-order valence-corrected chi connectivity index (χ1v) is 13.8. The van der Waals surface area contributed by atoms with E-state index in [2.05, 4.69) is 57.0 Å². The van der Waals surface area contributed by atoms with Crippen LogP contribution in [-0.2, 0) is 11.2 Å². The van der Waals surface area contributed by atoms with Crippen molar-refractivity contribution in [3.63, 3.8) is 0 Å². The molecule has 0 spiro atoms. The van der Waals surface area contributed by atoms with Crippen LogP contribution >= 0.6 is 0 Å². The molecule has 8 heteroatoms. The summed E-state index contributed by atoms with van der Waals surface area (Å²) in [5.74, 6) is 0.383. The minimum absolute atomic E-state index is 0.000994. The van der Waals surface area contributed by atoms with Gasteiger partial charge in [-0.15, -0.1) is 0 Å². The topological polar surface area (TPSA) is 90.2 Å². The fourth-order valence-electron chi connectivity index (χ4n) is 5.74. The summed E-state index contributed by atoms with van der Waals surface area (Å²) in [4.78, 5) is 26.9. The summed E-state index contributed by atoms with van der Waals surface area (Å²) in [6.07, 6.45) is 3.81. The van der Waals surface area contributed by atoms with Gasteiger partial charge in [-0.25, -0.2) is 4.79 Å². The average molecular weight is 547 g/mol. The van der Waals surface area contributed by atoms with Crippen molar-refractivity contribution in [3.8, 4) is 33.9 Å². The Morgan fingerprint density at radius 3 is 2.65 bits per heavy atom. The van der Waals surface area contributed by atoms with Crippen LogP contribution in [0.3, 0.4) is 0 Å². The van der Waals surface area contributed by atoms with E-state index in [4.69, 9.17) is 14.2 Å². The number of carboxylic acids is 1. The van der Waals surface area contributed by atoms with Crippen molar-refractivity contribution in [1.29, 1.82) is 0 Å². The molecule has 1 aromatic heterocycles. The Labute approximate surface area is 235 Å². The second-order valence-corrected chi connectivity index (χ2v) is 11.9. The number of likely N-dealkylation sites (N-methyl/N-ethyl adjacent to an activating group) is 1. The van der Waals surface area contributed by atoms with E-state index in [0.29, 0.717) is 26.2 Å². The van der Waals surface area contributed by atoms with E-state index in [1.807, 2.05) is 10.6 Å². The SMILES string of the molecule is COCCCOc1cc2c(cc1-c1ccc3c(c1)OCCN3C)-c1cc(=O)c(C(=O)O)cn1C(CC(C)(C)C)C2. The number of aromatic carboxylic acids is 1. The molecule has 0 saturated carbocycles. The lowest BCUT2D eigenvalue weighted by molar-refractivity contribution is 0.0694. The lowest BCUT2D eigenvalue weighted by Gasteiger charge is -2.35. The van der Waals surface area contributed by atoms with E-state index in [-0.39, 0.29) is 17.0 Å². The predicted molar refractivity (Wildman–Crippen MR) is 156 cm³/mol. The van der Waals surface area contributed by atoms with Gasteiger partial charge >= 0.3 is 5.97 Å². The molecule has 0 amide bonds. The van der Waals surface area contributed by atoms with E-state index < -0.39 is 11.4 Å². The molecule has 2 aliphatic rings. The number of rotatable bonds is 8. The van der Waals surface area contributed by atoms with Crippen LogP contribution in [0.4, 0.5) is 5.69 Å². The minimum Gasteiger partial charge on any atom is -0.493 e. The molecule has 1 unspecified atom stereocenters. The van der Waals surface area contributed by atoms with Crippen LogP contribution in [0.2, 0.25) is 0 Å². The first-order chi connectivity index (χ1) is 19.1. The molecular formula is C32H38N2O6. The van der Waals surface area contributed by atoms with Gasteiger partial charge in [0, 0.05) is 56.6 Å². The molecule has 2 aliphatic heterocycles. The summed E-state index contributed by atoms with van der Waals surface area (Å²) in [7, 11) is 3.73. The van der Waals surface area contributed by atoms with Gasteiger partial charge in [0.1, 0.15) is 23.7 Å². The Morgan fingerprint density at radius 1 is 1.12 bits per heavy atom. The largest absolute Gasteiger partial charge is 0.493 e. The standard InChI is InChI=1S/C32H38N2O6/c1-32(2,3)18-22-13-21-15-29(39-11-6-10-38-5)24(20-7-8-26-30(14-20)40-12-9-33(26)4)16-23(21)27-17-28(35)25(31(36)37)19-34(22)27/h7-8,14-17,19,22H,6,9-13,18H2,1-5H3,(H,36,37). The summed E-state index contributed by atoms with van der Waals surface area (Å²) in [6.45, 7) is 9.08. The number of carbonyl (C=O) groups is 1. The number of pyridine rings is 1. The predicted octanol–water partition coefficient (Wildman–Crippen LogP) is 5.66. The number of fused-ring (bicyclic) bond motifs is 4. The number of anilines is 1. The third kappa shape index (κ3) is 5.59. The van der Waals surface area contributed by atoms with Gasteiger partial charge < -0.3 is 28.8 Å². The van der Waals surface area contributed by atoms with Gasteiger partial charge in [-0.3, -0.25) is 4.79 Å². The molecule has 8 nitrogen and oxygen atoms in total. The van der Waals surface area contributed by atoms with Crippen molar-refractivity contribution in [2.24, 2.45) is 5.41 Å². The monoisotopic (exact) mass is 546 g/mol. The molecule has 1 atom stereocenters. The quantitative estimate of drug-likeness (QED) is 0.365. The zero-order valence-corrected chi connectivity index (χ0v) is 24.0. The number of hydrogen-bond donors (Lipinski definition) is 1. The van der Waals surface area contributed by atoms with E-state index in [1.165, 1.54) is 12.3 Å². The number of methoxy groups -OCH3 is 1. The highest BCUT2D eigenvalue weighted by atomic mass is 16.5. The Balaban J connectivity index is 1.67. The van der Waals surface area contributed by atoms with Crippen LogP contribution in [-0.4, -0.2) is 56.2 Å². The van der Waals surface area contributed by atoms with E-state index in [9.17, 15) is 14.7 Å². The first kappa shape index (κ1) is 27.8. The second-order valence-electron chi connectivity index (χ2n) is 11.9. The van der Waals surface area contributed by atoms with Crippen LogP contribution in [0.15, 0.2) is 47.4 Å². The number of carboxylic acid groups (broad SMARTS) is 1. The molecule has 0 saturated heterocycles. The number of ether oxygens (including phenoxy) is 3. The van der Waals surface area contributed by atoms with Crippen LogP contribution in [0.5, 0.6) is 11.5 Å². The molecule has 0 bridgehead atoms. The molecule has 1 N–H and O–H groups in total. The third-order valence-corrected chi connectivity index (χ3v) is 7.61. The molecule has 2 aromatic carbocycles. The molecule has 0 radical (unpaired) electrons. The Bertz CT molecular complexity index is 1490. The third-order valence-electron chi connectivity index (χ3n) is 7.61. The smallest absolute Gasteiger partial charge is 0.341 e. The molecule has 5 rings (SSSR count). The van der Waals surface area contributed by atoms with Crippen molar-refractivity contribution in [2.45, 2.75) is 46.1 Å². The molecule has 3 heterocycles. The van der Waals surface area contributed by atoms with Crippen LogP contribution in [0, 0.1) is 5.41 Å². The van der Waals surface area contributed by atoms with E-state index >= 15 is 0 Å². The highest BCUT2D eigenvalue weighted by molar-refractivity contribution is 5.88. The maximum Gasteiger partial charge on any atom is 0.341 e. The zero-order chi connectivity index (χ0) is 28.6. The molecule has 0 fully saturated rings. The van der Waals surface area contributed by atoms with Gasteiger partial charge in [-0.1, -0.05) is 26.8 Å². The summed E-state index contributed by atoms with van der Waals surface area (Å²) < 4.78 is 19.5. The minimum atomic E-state index is -1.21. The first-order valence-electron chi connectivity index (χ1n) is 13.8. The summed E-state index contributed by atoms with van der Waals surface area (Å²) in [6, 6.07) is 11.8. The van der Waals surface area contributed by atoms with Gasteiger partial charge in [0.05, 0.1) is 24.5 Å². The van der Waals surface area contributed by atoms with Gasteiger partial charge in [-0.05, 0) is 53.6 Å². The van der Waals surface area contributed by atoms with Crippen LogP contribution in [0.25, 0.3) is 22.4 Å².